The number of nitrogens with zero attached hydrogens (tertiary/aromatic N) is 5. The lowest BCUT2D eigenvalue weighted by atomic mass is 10.3. The summed E-state index contributed by atoms with van der Waals surface area (Å²) in [4.78, 5) is 15.0. The van der Waals surface area contributed by atoms with Crippen LogP contribution in [0.2, 0.25) is 0 Å². The van der Waals surface area contributed by atoms with Gasteiger partial charge >= 0.3 is 5.97 Å². The molecule has 9 nitrogen and oxygen atoms in total. The third-order valence-electron chi connectivity index (χ3n) is 2.68. The first-order valence-corrected chi connectivity index (χ1v) is 5.65. The summed E-state index contributed by atoms with van der Waals surface area (Å²) in [5, 5.41) is 20.0. The number of carboxylic acid groups (broad SMARTS) is 1. The quantitative estimate of drug-likeness (QED) is 0.747. The van der Waals surface area contributed by atoms with Gasteiger partial charge in [-0.25, -0.2) is 9.48 Å². The van der Waals surface area contributed by atoms with E-state index in [0.29, 0.717) is 17.3 Å². The molecule has 3 aromatic heterocycles. The largest absolute Gasteiger partial charge is 0.476 e. The zero-order valence-electron chi connectivity index (χ0n) is 10.3. The number of aromatic nitrogens is 5. The predicted octanol–water partition coefficient (Wildman–Crippen LogP) is 0.976. The second kappa shape index (κ2) is 4.61. The van der Waals surface area contributed by atoms with Crippen LogP contribution in [0.3, 0.4) is 0 Å². The Morgan fingerprint density at radius 1 is 1.50 bits per heavy atom. The van der Waals surface area contributed by atoms with Crippen LogP contribution in [0.25, 0.3) is 11.7 Å². The fraction of sp³-hybridized carbons (Fsp3) is 0.182. The van der Waals surface area contributed by atoms with E-state index in [0.717, 1.165) is 0 Å². The van der Waals surface area contributed by atoms with Crippen LogP contribution in [0.15, 0.2) is 27.3 Å². The van der Waals surface area contributed by atoms with Gasteiger partial charge in [-0.15, -0.1) is 5.10 Å². The molecule has 0 saturated heterocycles. The average molecular weight is 275 g/mol. The summed E-state index contributed by atoms with van der Waals surface area (Å²) >= 11 is 0. The standard InChI is InChI=1S/C11H9N5O4/c1-6-9(11(17)18)13-15-16(6)5-8-12-10(20-14-8)7-3-2-4-19-7/h2-4H,5H2,1H3,(H,17,18). The minimum Gasteiger partial charge on any atom is -0.476 e. The average Bonchev–Trinajstić information content (AvgIpc) is 3.12. The molecule has 0 radical (unpaired) electrons. The van der Waals surface area contributed by atoms with Crippen molar-refractivity contribution in [3.63, 3.8) is 0 Å². The summed E-state index contributed by atoms with van der Waals surface area (Å²) in [6.45, 7) is 1.77. The normalized spacial score (nSPS) is 10.8. The number of carbonyl (C=O) groups is 1. The maximum Gasteiger partial charge on any atom is 0.358 e. The van der Waals surface area contributed by atoms with Crippen LogP contribution < -0.4 is 0 Å². The highest BCUT2D eigenvalue weighted by Crippen LogP contribution is 2.17. The molecule has 0 aromatic carbocycles. The molecule has 102 valence electrons. The minimum absolute atomic E-state index is 0.0975. The van der Waals surface area contributed by atoms with Crippen LogP contribution in [0, 0.1) is 6.92 Å². The van der Waals surface area contributed by atoms with Crippen LogP contribution in [0.1, 0.15) is 22.0 Å². The molecule has 1 N–H and O–H groups in total. The van der Waals surface area contributed by atoms with Crippen LogP contribution >= 0.6 is 0 Å². The summed E-state index contributed by atoms with van der Waals surface area (Å²) in [6.07, 6.45) is 1.50. The van der Waals surface area contributed by atoms with Crippen LogP contribution in [0.4, 0.5) is 0 Å². The zero-order chi connectivity index (χ0) is 14.1. The third-order valence-corrected chi connectivity index (χ3v) is 2.68. The third kappa shape index (κ3) is 2.05. The van der Waals surface area contributed by atoms with Crippen molar-refractivity contribution < 1.29 is 18.8 Å². The van der Waals surface area contributed by atoms with Gasteiger partial charge in [0, 0.05) is 0 Å². The number of rotatable bonds is 4. The molecule has 0 bridgehead atoms. The van der Waals surface area contributed by atoms with E-state index in [-0.39, 0.29) is 18.1 Å². The maximum absolute atomic E-state index is 10.9. The highest BCUT2D eigenvalue weighted by Gasteiger charge is 2.17. The lowest BCUT2D eigenvalue weighted by Crippen LogP contribution is -2.07. The number of aromatic carboxylic acids is 1. The van der Waals surface area contributed by atoms with E-state index in [1.165, 1.54) is 10.9 Å². The minimum atomic E-state index is -1.13. The topological polar surface area (TPSA) is 120 Å². The van der Waals surface area contributed by atoms with E-state index in [9.17, 15) is 4.79 Å². The van der Waals surface area contributed by atoms with Gasteiger partial charge in [-0.1, -0.05) is 10.4 Å². The predicted molar refractivity (Wildman–Crippen MR) is 62.8 cm³/mol. The number of carboxylic acids is 1. The van der Waals surface area contributed by atoms with Crippen LogP contribution in [-0.4, -0.2) is 36.2 Å². The molecule has 0 fully saturated rings. The summed E-state index contributed by atoms with van der Waals surface area (Å²) < 4.78 is 11.6. The Morgan fingerprint density at radius 2 is 2.35 bits per heavy atom. The molecule has 3 aromatic rings. The van der Waals surface area contributed by atoms with E-state index < -0.39 is 5.97 Å². The number of hydrogen-bond donors (Lipinski definition) is 1. The van der Waals surface area contributed by atoms with Crippen molar-refractivity contribution >= 4 is 5.97 Å². The summed E-state index contributed by atoms with van der Waals surface area (Å²) in [6, 6.07) is 3.40. The van der Waals surface area contributed by atoms with E-state index in [4.69, 9.17) is 14.0 Å². The van der Waals surface area contributed by atoms with E-state index in [1.807, 2.05) is 0 Å². The Bertz CT molecular complexity index is 743. The molecule has 9 heteroatoms. The van der Waals surface area contributed by atoms with E-state index in [2.05, 4.69) is 20.5 Å². The summed E-state index contributed by atoms with van der Waals surface area (Å²) in [5.74, 6) is -0.0639. The van der Waals surface area contributed by atoms with Crippen molar-refractivity contribution in [1.82, 2.24) is 25.1 Å². The first-order valence-electron chi connectivity index (χ1n) is 5.65. The van der Waals surface area contributed by atoms with E-state index >= 15 is 0 Å². The number of hydrogen-bond acceptors (Lipinski definition) is 7. The Labute approximate surface area is 111 Å². The fourth-order valence-electron chi connectivity index (χ4n) is 1.66. The molecular formula is C11H9N5O4. The Balaban J connectivity index is 1.84. The first kappa shape index (κ1) is 12.1. The van der Waals surface area contributed by atoms with Gasteiger partial charge in [-0.05, 0) is 19.1 Å². The Kier molecular flexibility index (Phi) is 2.78. The lowest BCUT2D eigenvalue weighted by Gasteiger charge is -1.97. The van der Waals surface area contributed by atoms with Crippen molar-refractivity contribution in [1.29, 1.82) is 0 Å². The second-order valence-corrected chi connectivity index (χ2v) is 3.98. The molecule has 0 spiro atoms. The molecule has 3 rings (SSSR count). The van der Waals surface area contributed by atoms with Crippen molar-refractivity contribution in [2.75, 3.05) is 0 Å². The van der Waals surface area contributed by atoms with Gasteiger partial charge in [-0.3, -0.25) is 0 Å². The van der Waals surface area contributed by atoms with Crippen molar-refractivity contribution in [2.45, 2.75) is 13.5 Å². The zero-order valence-corrected chi connectivity index (χ0v) is 10.3. The van der Waals surface area contributed by atoms with Crippen molar-refractivity contribution in [3.8, 4) is 11.7 Å². The van der Waals surface area contributed by atoms with Crippen molar-refractivity contribution in [3.05, 3.63) is 35.6 Å². The van der Waals surface area contributed by atoms with Gasteiger partial charge in [0.2, 0.25) is 0 Å². The molecule has 0 aliphatic carbocycles. The first-order chi connectivity index (χ1) is 9.65. The summed E-state index contributed by atoms with van der Waals surface area (Å²) in [5.41, 5.74) is 0.321. The van der Waals surface area contributed by atoms with E-state index in [1.54, 1.807) is 19.1 Å². The molecular weight excluding hydrogens is 266 g/mol. The SMILES string of the molecule is Cc1c(C(=O)O)nnn1Cc1noc(-c2ccco2)n1. The second-order valence-electron chi connectivity index (χ2n) is 3.98. The van der Waals surface area contributed by atoms with Crippen LogP contribution in [0.5, 0.6) is 0 Å². The molecule has 0 atom stereocenters. The molecule has 3 heterocycles. The van der Waals surface area contributed by atoms with Gasteiger partial charge in [0.05, 0.1) is 12.0 Å². The Hall–Kier alpha value is -2.97. The highest BCUT2D eigenvalue weighted by molar-refractivity contribution is 5.86. The van der Waals surface area contributed by atoms with Crippen molar-refractivity contribution in [2.24, 2.45) is 0 Å². The maximum atomic E-state index is 10.9. The molecule has 0 aliphatic heterocycles. The smallest absolute Gasteiger partial charge is 0.358 e. The molecule has 0 unspecified atom stereocenters. The summed E-state index contributed by atoms with van der Waals surface area (Å²) in [7, 11) is 0. The van der Waals surface area contributed by atoms with Gasteiger partial charge < -0.3 is 14.0 Å². The molecule has 0 saturated carbocycles. The van der Waals surface area contributed by atoms with Crippen LogP contribution in [-0.2, 0) is 6.54 Å². The molecule has 20 heavy (non-hydrogen) atoms. The van der Waals surface area contributed by atoms with Gasteiger partial charge in [0.15, 0.2) is 17.3 Å². The fourth-order valence-corrected chi connectivity index (χ4v) is 1.66. The lowest BCUT2D eigenvalue weighted by molar-refractivity contribution is 0.0689. The molecule has 0 amide bonds. The van der Waals surface area contributed by atoms with Gasteiger partial charge in [-0.2, -0.15) is 4.98 Å². The monoisotopic (exact) mass is 275 g/mol. The highest BCUT2D eigenvalue weighted by atomic mass is 16.5. The van der Waals surface area contributed by atoms with Gasteiger partial charge in [0.1, 0.15) is 6.54 Å². The number of furan rings is 1. The molecule has 0 aliphatic rings. The van der Waals surface area contributed by atoms with Gasteiger partial charge in [0.25, 0.3) is 5.89 Å². The Morgan fingerprint density at radius 3 is 3.00 bits per heavy atom.